The van der Waals surface area contributed by atoms with Gasteiger partial charge >= 0.3 is 0 Å². The second-order valence-corrected chi connectivity index (χ2v) is 8.84. The van der Waals surface area contributed by atoms with Crippen molar-refractivity contribution in [1.29, 1.82) is 0 Å². The Morgan fingerprint density at radius 3 is 1.44 bits per heavy atom. The van der Waals surface area contributed by atoms with Crippen molar-refractivity contribution in [3.63, 3.8) is 0 Å². The Hall–Kier alpha value is -1.76. The molecule has 45 heavy (non-hydrogen) atoms. The molecule has 0 spiro atoms. The summed E-state index contributed by atoms with van der Waals surface area (Å²) in [6, 6.07) is 0. The standard InChI is InChI=1S/C11H19O2.2C10H18O3.C3H9N2.H2O/c1-3-5-6-7-9-13-11-10-12-8-4-2;2*1-2-3-4-5-7-12-9-10-13-8-6-11;4-2-1-3-5;/h4-11H2,2H3;11H,4-10H2,1H3;1,11H,3-10H2;4H,1-3,5H2;1H2/q-1;;;-1;. The number of terminal acetylenes is 1. The predicted octanol–water partition coefficient (Wildman–Crippen LogP) is 3.38. The second kappa shape index (κ2) is 61.3. The molecule has 0 unspecified atom stereocenters. The van der Waals surface area contributed by atoms with E-state index in [1.165, 1.54) is 0 Å². The number of rotatable bonds is 28. The lowest BCUT2D eigenvalue weighted by molar-refractivity contribution is 0.0322. The Morgan fingerprint density at radius 2 is 1.09 bits per heavy atom. The minimum absolute atomic E-state index is 0. The lowest BCUT2D eigenvalue weighted by Gasteiger charge is -2.04. The van der Waals surface area contributed by atoms with Gasteiger partial charge in [-0.1, -0.05) is 13.3 Å². The number of hydrogen-bond donors (Lipinski definition) is 3. The van der Waals surface area contributed by atoms with Crippen LogP contribution in [0, 0.1) is 36.5 Å². The summed E-state index contributed by atoms with van der Waals surface area (Å²) in [5.41, 5.74) is 11.5. The molecule has 0 saturated carbocycles. The molecule has 0 atom stereocenters. The van der Waals surface area contributed by atoms with Crippen LogP contribution < -0.4 is 5.73 Å². The maximum atomic E-state index is 8.39. The summed E-state index contributed by atoms with van der Waals surface area (Å²) < 4.78 is 31.1. The van der Waals surface area contributed by atoms with Gasteiger partial charge in [0.25, 0.3) is 0 Å². The molecule has 0 aliphatic heterocycles. The third kappa shape index (κ3) is 74.8. The lowest BCUT2D eigenvalue weighted by Crippen LogP contribution is -2.07. The fourth-order valence-electron chi connectivity index (χ4n) is 2.58. The van der Waals surface area contributed by atoms with Gasteiger partial charge in [-0.05, 0) is 58.4 Å². The van der Waals surface area contributed by atoms with Crippen molar-refractivity contribution in [2.45, 2.75) is 78.1 Å². The van der Waals surface area contributed by atoms with Crippen LogP contribution in [0.4, 0.5) is 0 Å². The van der Waals surface area contributed by atoms with E-state index in [9.17, 15) is 0 Å². The molecule has 11 nitrogen and oxygen atoms in total. The molecule has 0 fully saturated rings. The molecule has 0 aromatic carbocycles. The molecule has 11 heteroatoms. The molecule has 0 radical (unpaired) electrons. The van der Waals surface area contributed by atoms with E-state index in [2.05, 4.69) is 30.6 Å². The summed E-state index contributed by atoms with van der Waals surface area (Å²) in [4.78, 5) is 0. The third-order valence-electron chi connectivity index (χ3n) is 4.78. The number of hydrogen-bond acceptors (Lipinski definition) is 9. The predicted molar refractivity (Wildman–Crippen MR) is 182 cm³/mol. The highest BCUT2D eigenvalue weighted by Gasteiger charge is 1.91. The summed E-state index contributed by atoms with van der Waals surface area (Å²) >= 11 is 0. The van der Waals surface area contributed by atoms with E-state index in [0.717, 1.165) is 90.6 Å². The van der Waals surface area contributed by atoms with Crippen LogP contribution in [-0.4, -0.2) is 121 Å². The van der Waals surface area contributed by atoms with Crippen LogP contribution in [0.15, 0.2) is 0 Å². The first-order valence-electron chi connectivity index (χ1n) is 15.9. The number of aliphatic hydroxyl groups is 2. The largest absolute Gasteiger partial charge is 0.694 e. The number of aliphatic hydroxyl groups excluding tert-OH is 2. The lowest BCUT2D eigenvalue weighted by atomic mass is 10.2. The van der Waals surface area contributed by atoms with Crippen LogP contribution in [0.25, 0.3) is 5.73 Å². The monoisotopic (exact) mass is 646 g/mol. The Kier molecular flexibility index (Phi) is 71.8. The highest BCUT2D eigenvalue weighted by molar-refractivity contribution is 4.94. The Balaban J connectivity index is -0.000000163. The Bertz CT molecular complexity index is 584. The van der Waals surface area contributed by atoms with Crippen LogP contribution in [-0.2, 0) is 28.4 Å². The van der Waals surface area contributed by atoms with Crippen molar-refractivity contribution in [3.05, 3.63) is 12.2 Å². The van der Waals surface area contributed by atoms with Crippen molar-refractivity contribution in [2.24, 2.45) is 5.73 Å². The van der Waals surface area contributed by atoms with Crippen molar-refractivity contribution in [3.8, 4) is 30.1 Å². The molecule has 7 N–H and O–H groups in total. The van der Waals surface area contributed by atoms with E-state index in [1.807, 2.05) is 6.92 Å². The van der Waals surface area contributed by atoms with Crippen LogP contribution in [0.2, 0.25) is 0 Å². The first-order chi connectivity index (χ1) is 21.7. The minimum Gasteiger partial charge on any atom is -0.694 e. The van der Waals surface area contributed by atoms with Crippen LogP contribution >= 0.6 is 0 Å². The zero-order valence-corrected chi connectivity index (χ0v) is 28.4. The Morgan fingerprint density at radius 1 is 0.644 bits per heavy atom. The zero-order valence-electron chi connectivity index (χ0n) is 28.4. The average molecular weight is 647 g/mol. The molecule has 0 saturated heterocycles. The summed E-state index contributed by atoms with van der Waals surface area (Å²) in [5, 5.41) is 16.8. The van der Waals surface area contributed by atoms with E-state index in [0.29, 0.717) is 65.9 Å². The quantitative estimate of drug-likeness (QED) is 0.0653. The van der Waals surface area contributed by atoms with Crippen LogP contribution in [0.5, 0.6) is 0 Å². The molecule has 0 heterocycles. The minimum atomic E-state index is 0. The average Bonchev–Trinajstić information content (AvgIpc) is 3.04. The third-order valence-corrected chi connectivity index (χ3v) is 4.78. The van der Waals surface area contributed by atoms with E-state index < -0.39 is 0 Å². The Labute approximate surface area is 275 Å². The molecule has 0 aliphatic rings. The molecule has 0 bridgehead atoms. The highest BCUT2D eigenvalue weighted by Crippen LogP contribution is 1.95. The van der Waals surface area contributed by atoms with E-state index in [4.69, 9.17) is 62.9 Å². The number of nitrogens with one attached hydrogen (secondary N) is 1. The molecule has 0 rings (SSSR count). The van der Waals surface area contributed by atoms with Gasteiger partial charge in [0.05, 0.1) is 66.1 Å². The molecule has 0 aromatic heterocycles. The van der Waals surface area contributed by atoms with Gasteiger partial charge in [-0.25, -0.2) is 0 Å². The van der Waals surface area contributed by atoms with Gasteiger partial charge in [0.15, 0.2) is 0 Å². The maximum absolute atomic E-state index is 8.39. The maximum Gasteiger partial charge on any atom is 0.0701 e. The zero-order chi connectivity index (χ0) is 33.5. The molecule has 0 aromatic rings. The van der Waals surface area contributed by atoms with Gasteiger partial charge in [0, 0.05) is 39.3 Å². The highest BCUT2D eigenvalue weighted by atomic mass is 16.5. The van der Waals surface area contributed by atoms with Crippen molar-refractivity contribution < 1.29 is 44.1 Å². The van der Waals surface area contributed by atoms with Crippen LogP contribution in [0.3, 0.4) is 0 Å². The summed E-state index contributed by atoms with van der Waals surface area (Å²) in [7, 11) is 0. The number of ether oxygens (including phenoxy) is 6. The van der Waals surface area contributed by atoms with Gasteiger partial charge in [-0.15, -0.1) is 30.7 Å². The smallest absolute Gasteiger partial charge is 0.0701 e. The second-order valence-electron chi connectivity index (χ2n) is 8.84. The van der Waals surface area contributed by atoms with Gasteiger partial charge in [0.1, 0.15) is 0 Å². The fourth-order valence-corrected chi connectivity index (χ4v) is 2.58. The fraction of sp³-hybridized carbons (Fsp3) is 0.824. The first-order valence-corrected chi connectivity index (χ1v) is 15.9. The van der Waals surface area contributed by atoms with Gasteiger partial charge in [0.2, 0.25) is 0 Å². The van der Waals surface area contributed by atoms with Crippen LogP contribution in [0.1, 0.15) is 78.1 Å². The van der Waals surface area contributed by atoms with Gasteiger partial charge in [-0.3, -0.25) is 0 Å². The molecule has 268 valence electrons. The molecule has 0 aliphatic carbocycles. The first kappa shape index (κ1) is 52.8. The SMILES string of the molecule is C#CCCCCOCCOCCO.CC#CCCCOCCOCCO.O.[C-]#CCCCCOCCOCCC.[NH-]CCCN. The number of nitrogens with two attached hydrogens (primary N) is 1. The van der Waals surface area contributed by atoms with Gasteiger partial charge in [-0.2, -0.15) is 0 Å². The van der Waals surface area contributed by atoms with E-state index in [1.54, 1.807) is 0 Å². The van der Waals surface area contributed by atoms with Crippen molar-refractivity contribution >= 4 is 0 Å². The van der Waals surface area contributed by atoms with E-state index >= 15 is 0 Å². The summed E-state index contributed by atoms with van der Waals surface area (Å²) in [6.45, 7) is 12.7. The van der Waals surface area contributed by atoms with Crippen molar-refractivity contribution in [1.82, 2.24) is 0 Å². The topological polar surface area (TPSA) is 177 Å². The normalized spacial score (nSPS) is 9.33. The van der Waals surface area contributed by atoms with Gasteiger partial charge < -0.3 is 67.9 Å². The number of unbranched alkanes of at least 4 members (excludes halogenated alkanes) is 5. The van der Waals surface area contributed by atoms with Crippen molar-refractivity contribution in [2.75, 3.05) is 106 Å². The molecule has 0 amide bonds. The summed E-state index contributed by atoms with van der Waals surface area (Å²) in [5.74, 6) is 10.7. The molecular weight excluding hydrogens is 580 g/mol. The summed E-state index contributed by atoms with van der Waals surface area (Å²) in [6.07, 6.45) is 21.2. The molecular formula is C34H66N2O9-2. The van der Waals surface area contributed by atoms with E-state index in [-0.39, 0.29) is 18.7 Å².